The molecule has 0 bridgehead atoms. The second kappa shape index (κ2) is 9.34. The van der Waals surface area contributed by atoms with Gasteiger partial charge in [-0.3, -0.25) is 4.79 Å². The van der Waals surface area contributed by atoms with Gasteiger partial charge < -0.3 is 4.90 Å². The molecule has 1 unspecified atom stereocenters. The van der Waals surface area contributed by atoms with Crippen LogP contribution in [-0.2, 0) is 20.9 Å². The topological polar surface area (TPSA) is 74.1 Å². The third-order valence-electron chi connectivity index (χ3n) is 5.05. The summed E-state index contributed by atoms with van der Waals surface area (Å²) in [6, 6.07) is 16.6. The Labute approximate surface area is 180 Å². The first kappa shape index (κ1) is 22.6. The van der Waals surface area contributed by atoms with Crippen LogP contribution in [0.25, 0.3) is 11.1 Å². The number of nitrogens with zero attached hydrogens (tertiary/aromatic N) is 2. The summed E-state index contributed by atoms with van der Waals surface area (Å²) in [5.41, 5.74) is 2.72. The molecule has 0 aliphatic rings. The van der Waals surface area contributed by atoms with Crippen LogP contribution < -0.4 is 4.90 Å². The van der Waals surface area contributed by atoms with Gasteiger partial charge in [0.1, 0.15) is 0 Å². The van der Waals surface area contributed by atoms with Crippen molar-refractivity contribution in [1.29, 1.82) is 4.78 Å². The van der Waals surface area contributed by atoms with E-state index in [0.717, 1.165) is 22.9 Å². The average Bonchev–Trinajstić information content (AvgIpc) is 2.77. The molecule has 5 nitrogen and oxygen atoms in total. The van der Waals surface area contributed by atoms with Crippen molar-refractivity contribution >= 4 is 21.3 Å². The van der Waals surface area contributed by atoms with Gasteiger partial charge in [-0.1, -0.05) is 31.2 Å². The van der Waals surface area contributed by atoms with E-state index in [1.54, 1.807) is 36.2 Å². The SMILES string of the molecule is CCC(=O)N(C)c1ccc(-c2ccc(S(=N)(=O)CCc3ccc(F)nc3F)cc2)cc1. The van der Waals surface area contributed by atoms with Gasteiger partial charge in [-0.25, -0.2) is 8.99 Å². The molecule has 1 heterocycles. The Hall–Kier alpha value is -3.13. The number of aromatic nitrogens is 1. The van der Waals surface area contributed by atoms with Crippen molar-refractivity contribution in [2.75, 3.05) is 17.7 Å². The third kappa shape index (κ3) is 5.32. The molecule has 0 aliphatic carbocycles. The molecule has 1 aromatic heterocycles. The molecule has 1 N–H and O–H groups in total. The van der Waals surface area contributed by atoms with E-state index in [2.05, 4.69) is 4.98 Å². The van der Waals surface area contributed by atoms with E-state index in [1.165, 1.54) is 6.07 Å². The van der Waals surface area contributed by atoms with Crippen LogP contribution in [0.15, 0.2) is 65.6 Å². The highest BCUT2D eigenvalue weighted by Gasteiger charge is 2.14. The number of anilines is 1. The van der Waals surface area contributed by atoms with Crippen LogP contribution in [0.2, 0.25) is 0 Å². The van der Waals surface area contributed by atoms with Gasteiger partial charge in [-0.15, -0.1) is 0 Å². The average molecular weight is 444 g/mol. The van der Waals surface area contributed by atoms with Crippen molar-refractivity contribution in [3.63, 3.8) is 0 Å². The smallest absolute Gasteiger partial charge is 0.226 e. The van der Waals surface area contributed by atoms with Crippen LogP contribution in [-0.4, -0.2) is 27.9 Å². The summed E-state index contributed by atoms with van der Waals surface area (Å²) in [4.78, 5) is 16.9. The number of benzene rings is 2. The van der Waals surface area contributed by atoms with Crippen LogP contribution in [0.5, 0.6) is 0 Å². The minimum Gasteiger partial charge on any atom is -0.316 e. The number of amides is 1. The van der Waals surface area contributed by atoms with E-state index in [9.17, 15) is 17.8 Å². The molecule has 3 rings (SSSR count). The van der Waals surface area contributed by atoms with E-state index >= 15 is 0 Å². The first-order valence-corrected chi connectivity index (χ1v) is 11.5. The number of hydrogen-bond donors (Lipinski definition) is 1. The summed E-state index contributed by atoms with van der Waals surface area (Å²) in [6.07, 6.45) is 0.449. The lowest BCUT2D eigenvalue weighted by atomic mass is 10.1. The maximum atomic E-state index is 13.7. The zero-order valence-corrected chi connectivity index (χ0v) is 18.1. The maximum absolute atomic E-state index is 13.7. The second-order valence-corrected chi connectivity index (χ2v) is 9.32. The molecular weight excluding hydrogens is 420 g/mol. The molecule has 3 aromatic rings. The monoisotopic (exact) mass is 443 g/mol. The summed E-state index contributed by atoms with van der Waals surface area (Å²) in [5.74, 6) is -1.93. The second-order valence-electron chi connectivity index (χ2n) is 7.09. The van der Waals surface area contributed by atoms with Gasteiger partial charge in [0.05, 0.1) is 9.73 Å². The van der Waals surface area contributed by atoms with Crippen LogP contribution in [0.3, 0.4) is 0 Å². The maximum Gasteiger partial charge on any atom is 0.226 e. The number of pyridine rings is 1. The zero-order chi connectivity index (χ0) is 22.6. The first-order valence-electron chi connectivity index (χ1n) is 9.75. The lowest BCUT2D eigenvalue weighted by Crippen LogP contribution is -2.24. The Kier molecular flexibility index (Phi) is 6.80. The lowest BCUT2D eigenvalue weighted by Gasteiger charge is -2.17. The molecule has 2 aromatic carbocycles. The Bertz CT molecular complexity index is 1180. The van der Waals surface area contributed by atoms with Crippen molar-refractivity contribution in [3.8, 4) is 11.1 Å². The molecule has 0 aliphatic heterocycles. The van der Waals surface area contributed by atoms with Crippen molar-refractivity contribution < 1.29 is 17.8 Å². The molecule has 8 heteroatoms. The molecular formula is C23H23F2N3O2S. The van der Waals surface area contributed by atoms with E-state index in [1.807, 2.05) is 31.2 Å². The number of rotatable bonds is 7. The standard InChI is InChI=1S/C23H23F2N3O2S/c1-3-22(29)28(2)19-9-4-16(5-10-19)17-6-11-20(12-7-17)31(26,30)15-14-18-8-13-21(24)27-23(18)25/h4-13,26H,3,14-15H2,1-2H3. The molecule has 31 heavy (non-hydrogen) atoms. The third-order valence-corrected chi connectivity index (χ3v) is 6.86. The molecule has 0 radical (unpaired) electrons. The molecule has 162 valence electrons. The summed E-state index contributed by atoms with van der Waals surface area (Å²) in [5, 5.41) is 0. The van der Waals surface area contributed by atoms with E-state index in [4.69, 9.17) is 4.78 Å². The largest absolute Gasteiger partial charge is 0.316 e. The fourth-order valence-electron chi connectivity index (χ4n) is 3.12. The first-order chi connectivity index (χ1) is 14.7. The highest BCUT2D eigenvalue weighted by molar-refractivity contribution is 7.92. The molecule has 0 saturated carbocycles. The van der Waals surface area contributed by atoms with Crippen molar-refractivity contribution in [1.82, 2.24) is 4.98 Å². The van der Waals surface area contributed by atoms with Crippen LogP contribution in [0, 0.1) is 16.7 Å². The summed E-state index contributed by atoms with van der Waals surface area (Å²) < 4.78 is 47.6. The molecule has 1 atom stereocenters. The predicted octanol–water partition coefficient (Wildman–Crippen LogP) is 5.05. The van der Waals surface area contributed by atoms with Gasteiger partial charge >= 0.3 is 0 Å². The molecule has 0 fully saturated rings. The summed E-state index contributed by atoms with van der Waals surface area (Å²) in [7, 11) is -1.42. The fourth-order valence-corrected chi connectivity index (χ4v) is 4.44. The minimum absolute atomic E-state index is 0.0225. The van der Waals surface area contributed by atoms with Gasteiger partial charge in [0.25, 0.3) is 0 Å². The predicted molar refractivity (Wildman–Crippen MR) is 117 cm³/mol. The van der Waals surface area contributed by atoms with Crippen molar-refractivity contribution in [2.45, 2.75) is 24.7 Å². The fraction of sp³-hybridized carbons (Fsp3) is 0.217. The summed E-state index contributed by atoms with van der Waals surface area (Å²) in [6.45, 7) is 1.81. The quantitative estimate of drug-likeness (QED) is 0.520. The zero-order valence-electron chi connectivity index (χ0n) is 17.3. The lowest BCUT2D eigenvalue weighted by molar-refractivity contribution is -0.118. The van der Waals surface area contributed by atoms with Crippen molar-refractivity contribution in [3.05, 3.63) is 78.1 Å². The van der Waals surface area contributed by atoms with Gasteiger partial charge in [-0.05, 0) is 53.9 Å². The summed E-state index contributed by atoms with van der Waals surface area (Å²) >= 11 is 0. The Morgan fingerprint density at radius 2 is 1.58 bits per heavy atom. The van der Waals surface area contributed by atoms with Gasteiger partial charge in [0.15, 0.2) is 0 Å². The van der Waals surface area contributed by atoms with E-state index in [-0.39, 0.29) is 23.6 Å². The number of carbonyl (C=O) groups excluding carboxylic acids is 1. The Morgan fingerprint density at radius 1 is 1.00 bits per heavy atom. The van der Waals surface area contributed by atoms with Gasteiger partial charge in [0.2, 0.25) is 17.8 Å². The van der Waals surface area contributed by atoms with E-state index in [0.29, 0.717) is 11.3 Å². The number of carbonyl (C=O) groups is 1. The van der Waals surface area contributed by atoms with Crippen molar-refractivity contribution in [2.24, 2.45) is 0 Å². The van der Waals surface area contributed by atoms with Crippen LogP contribution in [0.1, 0.15) is 18.9 Å². The van der Waals surface area contributed by atoms with Gasteiger partial charge in [0, 0.05) is 35.4 Å². The van der Waals surface area contributed by atoms with Crippen LogP contribution >= 0.6 is 0 Å². The minimum atomic E-state index is -3.15. The van der Waals surface area contributed by atoms with Gasteiger partial charge in [-0.2, -0.15) is 13.8 Å². The number of halogens is 2. The molecule has 0 spiro atoms. The normalized spacial score (nSPS) is 12.9. The Morgan fingerprint density at radius 3 is 2.13 bits per heavy atom. The van der Waals surface area contributed by atoms with E-state index < -0.39 is 21.6 Å². The van der Waals surface area contributed by atoms with Crippen LogP contribution in [0.4, 0.5) is 14.5 Å². The highest BCUT2D eigenvalue weighted by atomic mass is 32.2. The number of nitrogens with one attached hydrogen (secondary N) is 1. The number of aryl methyl sites for hydroxylation is 1. The number of hydrogen-bond acceptors (Lipinski definition) is 4. The molecule has 0 saturated heterocycles. The molecule has 1 amide bonds. The Balaban J connectivity index is 1.72. The highest BCUT2D eigenvalue weighted by Crippen LogP contribution is 2.25.